The van der Waals surface area contributed by atoms with E-state index in [1.807, 2.05) is 0 Å². The Morgan fingerprint density at radius 3 is 2.47 bits per heavy atom. The Bertz CT molecular complexity index is 180. The average Bonchev–Trinajstić information content (AvgIpc) is 2.25. The second-order valence-corrected chi connectivity index (χ2v) is 4.07. The maximum absolute atomic E-state index is 8.64. The van der Waals surface area contributed by atoms with Crippen molar-refractivity contribution in [2.75, 3.05) is 6.61 Å². The topological polar surface area (TPSA) is 20.2 Å². The lowest BCUT2D eigenvalue weighted by Gasteiger charge is -1.96. The first-order valence-electron chi connectivity index (χ1n) is 6.25. The number of aliphatic hydroxyl groups is 1. The fraction of sp³-hybridized carbons (Fsp3) is 0.714. The van der Waals surface area contributed by atoms with Gasteiger partial charge in [-0.3, -0.25) is 0 Å². The van der Waals surface area contributed by atoms with Gasteiger partial charge in [0, 0.05) is 6.61 Å². The first-order valence-corrected chi connectivity index (χ1v) is 6.25. The molecule has 88 valence electrons. The summed E-state index contributed by atoms with van der Waals surface area (Å²) < 4.78 is 0. The van der Waals surface area contributed by atoms with Crippen LogP contribution in [0, 0.1) is 0 Å². The van der Waals surface area contributed by atoms with Crippen molar-refractivity contribution >= 4 is 0 Å². The number of hydrogen-bond acceptors (Lipinski definition) is 1. The molecular formula is C14H26O. The highest BCUT2D eigenvalue weighted by Gasteiger charge is 1.87. The van der Waals surface area contributed by atoms with E-state index in [0.717, 1.165) is 6.42 Å². The summed E-state index contributed by atoms with van der Waals surface area (Å²) in [6, 6.07) is 0. The van der Waals surface area contributed by atoms with Gasteiger partial charge in [-0.2, -0.15) is 0 Å². The third kappa shape index (κ3) is 11.4. The van der Waals surface area contributed by atoms with Crippen molar-refractivity contribution in [2.24, 2.45) is 0 Å². The first kappa shape index (κ1) is 14.4. The molecule has 0 amide bonds. The second-order valence-electron chi connectivity index (χ2n) is 4.07. The molecule has 0 spiro atoms. The highest BCUT2D eigenvalue weighted by atomic mass is 16.2. The van der Waals surface area contributed by atoms with E-state index in [9.17, 15) is 0 Å². The van der Waals surface area contributed by atoms with Crippen molar-refractivity contribution in [2.45, 2.75) is 58.8 Å². The lowest BCUT2D eigenvalue weighted by Crippen LogP contribution is -1.79. The minimum atomic E-state index is 0.252. The third-order valence-electron chi connectivity index (χ3n) is 2.45. The van der Waals surface area contributed by atoms with Crippen molar-refractivity contribution in [1.29, 1.82) is 0 Å². The molecule has 0 saturated carbocycles. The summed E-state index contributed by atoms with van der Waals surface area (Å²) in [6.45, 7) is 4.58. The van der Waals surface area contributed by atoms with Crippen LogP contribution < -0.4 is 0 Å². The molecule has 1 heteroatoms. The van der Waals surface area contributed by atoms with Gasteiger partial charge in [-0.25, -0.2) is 0 Å². The zero-order valence-corrected chi connectivity index (χ0v) is 10.3. The Hall–Kier alpha value is -0.560. The Balaban J connectivity index is 3.37. The van der Waals surface area contributed by atoms with Crippen LogP contribution in [0.25, 0.3) is 0 Å². The van der Waals surface area contributed by atoms with Crippen LogP contribution >= 0.6 is 0 Å². The summed E-state index contributed by atoms with van der Waals surface area (Å²) in [7, 11) is 0. The van der Waals surface area contributed by atoms with Crippen molar-refractivity contribution in [3.05, 3.63) is 23.8 Å². The third-order valence-corrected chi connectivity index (χ3v) is 2.45. The summed E-state index contributed by atoms with van der Waals surface area (Å²) in [4.78, 5) is 0. The van der Waals surface area contributed by atoms with Crippen LogP contribution in [0.15, 0.2) is 23.8 Å². The molecule has 0 heterocycles. The van der Waals surface area contributed by atoms with E-state index >= 15 is 0 Å². The predicted octanol–water partition coefficient (Wildman–Crippen LogP) is 4.23. The van der Waals surface area contributed by atoms with Crippen LogP contribution in [-0.2, 0) is 0 Å². The largest absolute Gasteiger partial charge is 0.396 e. The molecule has 0 aromatic rings. The van der Waals surface area contributed by atoms with E-state index in [2.05, 4.69) is 32.1 Å². The SMILES string of the molecule is CCCCCCC/C=C/C(C)=C/CCO. The van der Waals surface area contributed by atoms with E-state index in [4.69, 9.17) is 5.11 Å². The predicted molar refractivity (Wildman–Crippen MR) is 68.0 cm³/mol. The Morgan fingerprint density at radius 2 is 1.80 bits per heavy atom. The van der Waals surface area contributed by atoms with Gasteiger partial charge in [-0.15, -0.1) is 0 Å². The molecule has 1 N–H and O–H groups in total. The Morgan fingerprint density at radius 1 is 1.07 bits per heavy atom. The zero-order valence-electron chi connectivity index (χ0n) is 10.3. The van der Waals surface area contributed by atoms with Crippen molar-refractivity contribution in [3.8, 4) is 0 Å². The van der Waals surface area contributed by atoms with Gasteiger partial charge in [0.25, 0.3) is 0 Å². The first-order chi connectivity index (χ1) is 7.31. The van der Waals surface area contributed by atoms with E-state index < -0.39 is 0 Å². The van der Waals surface area contributed by atoms with Gasteiger partial charge in [0.05, 0.1) is 0 Å². The molecule has 0 aromatic heterocycles. The molecule has 0 rings (SSSR count). The summed E-state index contributed by atoms with van der Waals surface area (Å²) >= 11 is 0. The maximum atomic E-state index is 8.64. The molecule has 0 aromatic carbocycles. The maximum Gasteiger partial charge on any atom is 0.0465 e. The molecule has 0 saturated heterocycles. The van der Waals surface area contributed by atoms with Gasteiger partial charge in [-0.1, -0.05) is 56.4 Å². The van der Waals surface area contributed by atoms with Crippen LogP contribution in [0.4, 0.5) is 0 Å². The number of unbranched alkanes of at least 4 members (excludes halogenated alkanes) is 5. The van der Waals surface area contributed by atoms with Crippen LogP contribution in [0.1, 0.15) is 58.8 Å². The van der Waals surface area contributed by atoms with Crippen LogP contribution in [-0.4, -0.2) is 11.7 Å². The van der Waals surface area contributed by atoms with Gasteiger partial charge in [0.1, 0.15) is 0 Å². The standard InChI is InChI=1S/C14H26O/c1-3-4-5-6-7-8-9-11-14(2)12-10-13-15/h9,11-12,15H,3-8,10,13H2,1-2H3/b11-9+,14-12+. The van der Waals surface area contributed by atoms with E-state index in [-0.39, 0.29) is 6.61 Å². The molecule has 15 heavy (non-hydrogen) atoms. The van der Waals surface area contributed by atoms with Crippen LogP contribution in [0.2, 0.25) is 0 Å². The molecule has 0 bridgehead atoms. The van der Waals surface area contributed by atoms with E-state index in [1.54, 1.807) is 0 Å². The van der Waals surface area contributed by atoms with Gasteiger partial charge >= 0.3 is 0 Å². The summed E-state index contributed by atoms with van der Waals surface area (Å²) in [5.74, 6) is 0. The van der Waals surface area contributed by atoms with Crippen LogP contribution in [0.5, 0.6) is 0 Å². The summed E-state index contributed by atoms with van der Waals surface area (Å²) in [6.07, 6.45) is 15.2. The quantitative estimate of drug-likeness (QED) is 0.446. The molecular weight excluding hydrogens is 184 g/mol. The highest BCUT2D eigenvalue weighted by molar-refractivity contribution is 5.15. The molecule has 0 unspecified atom stereocenters. The Kier molecular flexibility index (Phi) is 11.1. The van der Waals surface area contributed by atoms with Crippen molar-refractivity contribution in [1.82, 2.24) is 0 Å². The fourth-order valence-corrected chi connectivity index (χ4v) is 1.50. The van der Waals surface area contributed by atoms with Gasteiger partial charge in [0.2, 0.25) is 0 Å². The average molecular weight is 210 g/mol. The lowest BCUT2D eigenvalue weighted by molar-refractivity contribution is 0.302. The summed E-state index contributed by atoms with van der Waals surface area (Å²) in [5, 5.41) is 8.64. The number of allylic oxidation sites excluding steroid dienone is 3. The number of aliphatic hydroxyl groups excluding tert-OH is 1. The summed E-state index contributed by atoms with van der Waals surface area (Å²) in [5.41, 5.74) is 1.26. The molecule has 0 atom stereocenters. The number of hydrogen-bond donors (Lipinski definition) is 1. The zero-order chi connectivity index (χ0) is 11.4. The number of rotatable bonds is 9. The monoisotopic (exact) mass is 210 g/mol. The van der Waals surface area contributed by atoms with E-state index in [0.29, 0.717) is 0 Å². The molecule has 0 fully saturated rings. The minimum absolute atomic E-state index is 0.252. The minimum Gasteiger partial charge on any atom is -0.396 e. The smallest absolute Gasteiger partial charge is 0.0465 e. The van der Waals surface area contributed by atoms with Gasteiger partial charge in [-0.05, 0) is 26.2 Å². The molecule has 0 radical (unpaired) electrons. The highest BCUT2D eigenvalue weighted by Crippen LogP contribution is 2.06. The second kappa shape index (κ2) is 11.5. The molecule has 0 aliphatic rings. The van der Waals surface area contributed by atoms with Gasteiger partial charge in [0.15, 0.2) is 0 Å². The van der Waals surface area contributed by atoms with Gasteiger partial charge < -0.3 is 5.11 Å². The normalized spacial score (nSPS) is 12.6. The lowest BCUT2D eigenvalue weighted by atomic mass is 10.1. The molecule has 0 aliphatic carbocycles. The molecule has 1 nitrogen and oxygen atoms in total. The molecule has 0 aliphatic heterocycles. The van der Waals surface area contributed by atoms with Crippen LogP contribution in [0.3, 0.4) is 0 Å². The fourth-order valence-electron chi connectivity index (χ4n) is 1.50. The van der Waals surface area contributed by atoms with E-state index in [1.165, 1.54) is 44.1 Å². The van der Waals surface area contributed by atoms with Crippen molar-refractivity contribution in [3.63, 3.8) is 0 Å². The Labute approximate surface area is 94.9 Å². The van der Waals surface area contributed by atoms with Crippen molar-refractivity contribution < 1.29 is 5.11 Å².